The summed E-state index contributed by atoms with van der Waals surface area (Å²) in [5, 5.41) is 6.00. The molecule has 0 aliphatic heterocycles. The summed E-state index contributed by atoms with van der Waals surface area (Å²) in [4.78, 5) is 12.5. The molecule has 0 unspecified atom stereocenters. The van der Waals surface area contributed by atoms with E-state index in [0.717, 1.165) is 36.4 Å². The van der Waals surface area contributed by atoms with Crippen LogP contribution < -0.4 is 20.1 Å². The number of amides is 1. The number of unbranched alkanes of at least 4 members (excludes halogenated alkanes) is 4. The number of anilines is 1. The van der Waals surface area contributed by atoms with Gasteiger partial charge in [-0.3, -0.25) is 10.1 Å². The second-order valence-electron chi connectivity index (χ2n) is 8.66. The first-order valence-corrected chi connectivity index (χ1v) is 13.2. The summed E-state index contributed by atoms with van der Waals surface area (Å²) >= 11 is 5.30. The SMILES string of the molecule is CCCCCCCOc1ccc(C(=O)NC(=S)Nc2ccc(OCCCc3ccccc3)cc2)cc1. The van der Waals surface area contributed by atoms with E-state index in [1.807, 2.05) is 42.5 Å². The minimum atomic E-state index is -0.267. The van der Waals surface area contributed by atoms with E-state index >= 15 is 0 Å². The van der Waals surface area contributed by atoms with Gasteiger partial charge in [-0.1, -0.05) is 62.9 Å². The molecule has 3 aromatic rings. The quantitative estimate of drug-likeness (QED) is 0.180. The zero-order valence-electron chi connectivity index (χ0n) is 21.0. The molecule has 0 fully saturated rings. The van der Waals surface area contributed by atoms with Crippen LogP contribution in [0.25, 0.3) is 0 Å². The molecule has 36 heavy (non-hydrogen) atoms. The predicted molar refractivity (Wildman–Crippen MR) is 151 cm³/mol. The first kappa shape index (κ1) is 27.2. The summed E-state index contributed by atoms with van der Waals surface area (Å²) in [5.74, 6) is 1.30. The Kier molecular flexibility index (Phi) is 11.8. The lowest BCUT2D eigenvalue weighted by Gasteiger charge is -2.11. The second kappa shape index (κ2) is 15.6. The molecular formula is C30H36N2O3S. The van der Waals surface area contributed by atoms with Crippen molar-refractivity contribution < 1.29 is 14.3 Å². The van der Waals surface area contributed by atoms with Gasteiger partial charge in [0, 0.05) is 11.3 Å². The largest absolute Gasteiger partial charge is 0.494 e. The van der Waals surface area contributed by atoms with E-state index in [1.165, 1.54) is 31.2 Å². The molecule has 6 heteroatoms. The lowest BCUT2D eigenvalue weighted by atomic mass is 10.1. The summed E-state index contributed by atoms with van der Waals surface area (Å²) in [6, 6.07) is 25.0. The monoisotopic (exact) mass is 504 g/mol. The standard InChI is InChI=1S/C30H36N2O3S/c1-2-3-4-5-9-22-34-27-18-14-25(15-19-27)29(33)32-30(36)31-26-16-20-28(21-17-26)35-23-10-13-24-11-7-6-8-12-24/h6-8,11-12,14-21H,2-5,9-10,13,22-23H2,1H3,(H2,31,32,33,36). The zero-order chi connectivity index (χ0) is 25.4. The highest BCUT2D eigenvalue weighted by Gasteiger charge is 2.08. The zero-order valence-corrected chi connectivity index (χ0v) is 21.8. The van der Waals surface area contributed by atoms with Crippen LogP contribution in [0.1, 0.15) is 61.4 Å². The van der Waals surface area contributed by atoms with Crippen molar-refractivity contribution >= 4 is 28.9 Å². The van der Waals surface area contributed by atoms with E-state index in [4.69, 9.17) is 21.7 Å². The fourth-order valence-electron chi connectivity index (χ4n) is 3.68. The number of nitrogens with one attached hydrogen (secondary N) is 2. The Morgan fingerprint density at radius 2 is 1.36 bits per heavy atom. The lowest BCUT2D eigenvalue weighted by molar-refractivity contribution is 0.0977. The van der Waals surface area contributed by atoms with Gasteiger partial charge in [0.25, 0.3) is 5.91 Å². The van der Waals surface area contributed by atoms with Crippen molar-refractivity contribution in [3.63, 3.8) is 0 Å². The van der Waals surface area contributed by atoms with Gasteiger partial charge in [0.2, 0.25) is 0 Å². The summed E-state index contributed by atoms with van der Waals surface area (Å²) in [6.07, 6.45) is 7.93. The third-order valence-electron chi connectivity index (χ3n) is 5.69. The van der Waals surface area contributed by atoms with Gasteiger partial charge >= 0.3 is 0 Å². The van der Waals surface area contributed by atoms with E-state index in [0.29, 0.717) is 18.8 Å². The topological polar surface area (TPSA) is 59.6 Å². The maximum Gasteiger partial charge on any atom is 0.257 e. The number of carbonyl (C=O) groups excluding carboxylic acids is 1. The van der Waals surface area contributed by atoms with Crippen LogP contribution in [0.4, 0.5) is 5.69 Å². The maximum atomic E-state index is 12.5. The van der Waals surface area contributed by atoms with Crippen molar-refractivity contribution in [3.8, 4) is 11.5 Å². The van der Waals surface area contributed by atoms with Crippen molar-refractivity contribution in [3.05, 3.63) is 90.0 Å². The average molecular weight is 505 g/mol. The van der Waals surface area contributed by atoms with Crippen LogP contribution in [0.5, 0.6) is 11.5 Å². The molecule has 0 saturated carbocycles. The Morgan fingerprint density at radius 3 is 2.03 bits per heavy atom. The van der Waals surface area contributed by atoms with Gasteiger partial charge < -0.3 is 14.8 Å². The molecule has 2 N–H and O–H groups in total. The van der Waals surface area contributed by atoms with Crippen LogP contribution in [0.3, 0.4) is 0 Å². The normalized spacial score (nSPS) is 10.5. The van der Waals surface area contributed by atoms with Crippen molar-refractivity contribution in [2.45, 2.75) is 51.9 Å². The minimum absolute atomic E-state index is 0.240. The van der Waals surface area contributed by atoms with E-state index < -0.39 is 0 Å². The van der Waals surface area contributed by atoms with Gasteiger partial charge in [-0.15, -0.1) is 0 Å². The second-order valence-corrected chi connectivity index (χ2v) is 9.07. The molecule has 5 nitrogen and oxygen atoms in total. The Hall–Kier alpha value is -3.38. The van der Waals surface area contributed by atoms with Crippen LogP contribution in [-0.4, -0.2) is 24.2 Å². The number of thiocarbonyl (C=S) groups is 1. The number of benzene rings is 3. The Morgan fingerprint density at radius 1 is 0.750 bits per heavy atom. The Labute approximate surface area is 220 Å². The van der Waals surface area contributed by atoms with Gasteiger partial charge in [0.1, 0.15) is 11.5 Å². The van der Waals surface area contributed by atoms with Crippen molar-refractivity contribution in [1.29, 1.82) is 0 Å². The van der Waals surface area contributed by atoms with Crippen LogP contribution >= 0.6 is 12.2 Å². The number of aryl methyl sites for hydroxylation is 1. The molecule has 0 radical (unpaired) electrons. The molecule has 0 aliphatic carbocycles. The van der Waals surface area contributed by atoms with E-state index in [2.05, 4.69) is 41.8 Å². The smallest absolute Gasteiger partial charge is 0.257 e. The summed E-state index contributed by atoms with van der Waals surface area (Å²) in [6.45, 7) is 3.55. The first-order chi connectivity index (χ1) is 17.6. The molecule has 3 rings (SSSR count). The number of hydrogen-bond acceptors (Lipinski definition) is 4. The highest BCUT2D eigenvalue weighted by Crippen LogP contribution is 2.17. The number of rotatable bonds is 14. The molecule has 0 bridgehead atoms. The van der Waals surface area contributed by atoms with Crippen LogP contribution in [-0.2, 0) is 6.42 Å². The Balaban J connectivity index is 1.35. The van der Waals surface area contributed by atoms with Crippen LogP contribution in [0.15, 0.2) is 78.9 Å². The van der Waals surface area contributed by atoms with Crippen LogP contribution in [0, 0.1) is 0 Å². The van der Waals surface area contributed by atoms with Crippen molar-refractivity contribution in [2.75, 3.05) is 18.5 Å². The highest BCUT2D eigenvalue weighted by atomic mass is 32.1. The predicted octanol–water partition coefficient (Wildman–Crippen LogP) is 7.17. The maximum absolute atomic E-state index is 12.5. The average Bonchev–Trinajstić information content (AvgIpc) is 2.90. The van der Waals surface area contributed by atoms with Gasteiger partial charge in [-0.2, -0.15) is 0 Å². The number of carbonyl (C=O) groups is 1. The molecule has 0 heterocycles. The Bertz CT molecular complexity index is 1050. The summed E-state index contributed by atoms with van der Waals surface area (Å²) < 4.78 is 11.6. The molecule has 0 atom stereocenters. The minimum Gasteiger partial charge on any atom is -0.494 e. The van der Waals surface area contributed by atoms with Gasteiger partial charge in [0.15, 0.2) is 5.11 Å². The molecule has 190 valence electrons. The number of hydrogen-bond donors (Lipinski definition) is 2. The summed E-state index contributed by atoms with van der Waals surface area (Å²) in [7, 11) is 0. The molecule has 1 amide bonds. The van der Waals surface area contributed by atoms with E-state index in [1.54, 1.807) is 12.1 Å². The van der Waals surface area contributed by atoms with Crippen LogP contribution in [0.2, 0.25) is 0 Å². The molecule has 0 spiro atoms. The third-order valence-corrected chi connectivity index (χ3v) is 5.90. The first-order valence-electron chi connectivity index (χ1n) is 12.8. The lowest BCUT2D eigenvalue weighted by Crippen LogP contribution is -2.34. The molecule has 0 aliphatic rings. The van der Waals surface area contributed by atoms with Crippen molar-refractivity contribution in [2.24, 2.45) is 0 Å². The van der Waals surface area contributed by atoms with Gasteiger partial charge in [-0.05, 0) is 85.6 Å². The highest BCUT2D eigenvalue weighted by molar-refractivity contribution is 7.80. The van der Waals surface area contributed by atoms with E-state index in [9.17, 15) is 4.79 Å². The molecule has 0 aromatic heterocycles. The molecule has 3 aromatic carbocycles. The van der Waals surface area contributed by atoms with Gasteiger partial charge in [-0.25, -0.2) is 0 Å². The summed E-state index contributed by atoms with van der Waals surface area (Å²) in [5.41, 5.74) is 2.61. The van der Waals surface area contributed by atoms with E-state index in [-0.39, 0.29) is 11.0 Å². The fraction of sp³-hybridized carbons (Fsp3) is 0.333. The fourth-order valence-corrected chi connectivity index (χ4v) is 3.89. The van der Waals surface area contributed by atoms with Crippen molar-refractivity contribution in [1.82, 2.24) is 5.32 Å². The number of ether oxygens (including phenoxy) is 2. The molecule has 0 saturated heterocycles. The third kappa shape index (κ3) is 10.1. The van der Waals surface area contributed by atoms with Gasteiger partial charge in [0.05, 0.1) is 13.2 Å². The molecular weight excluding hydrogens is 468 g/mol.